The lowest BCUT2D eigenvalue weighted by atomic mass is 10.5. The molecule has 1 aliphatic rings. The van der Waals surface area contributed by atoms with Crippen LogP contribution in [-0.4, -0.2) is 18.9 Å². The average Bonchev–Trinajstić information content (AvgIpc) is 1.87. The summed E-state index contributed by atoms with van der Waals surface area (Å²) in [5.41, 5.74) is 0. The third kappa shape index (κ3) is 2.84. The molecule has 1 unspecified atom stereocenters. The van der Waals surface area contributed by atoms with Gasteiger partial charge in [0.15, 0.2) is 0 Å². The highest BCUT2D eigenvalue weighted by Crippen LogP contribution is 2.02. The first-order valence-corrected chi connectivity index (χ1v) is 2.12. The Kier molecular flexibility index (Phi) is 4.95. The molecule has 0 aromatic rings. The second kappa shape index (κ2) is 4.05. The normalized spacial score (nSPS) is 22.8. The van der Waals surface area contributed by atoms with Crippen LogP contribution in [0.5, 0.6) is 0 Å². The molecule has 0 saturated carbocycles. The molecule has 9 heavy (non-hydrogen) atoms. The summed E-state index contributed by atoms with van der Waals surface area (Å²) < 4.78 is 8.90. The number of hydrogen-bond donors (Lipinski definition) is 0. The highest BCUT2D eigenvalue weighted by Gasteiger charge is 2.19. The van der Waals surface area contributed by atoms with Crippen molar-refractivity contribution in [3.8, 4) is 0 Å². The monoisotopic (exact) mass is 142 g/mol. The lowest BCUT2D eigenvalue weighted by molar-refractivity contribution is 0.121. The highest BCUT2D eigenvalue weighted by molar-refractivity contribution is 5.61. The predicted molar refractivity (Wildman–Crippen MR) is 26.9 cm³/mol. The number of hydrogen-bond acceptors (Lipinski definition) is 3. The fourth-order valence-electron chi connectivity index (χ4n) is 0.418. The maximum absolute atomic E-state index is 10.0. The molecule has 0 aromatic carbocycles. The Hall–Kier alpha value is -0.870. The van der Waals surface area contributed by atoms with Crippen LogP contribution in [0.15, 0.2) is 0 Å². The van der Waals surface area contributed by atoms with E-state index >= 15 is 0 Å². The molecule has 1 aliphatic heterocycles. The number of halogens is 2. The van der Waals surface area contributed by atoms with E-state index in [0.29, 0.717) is 6.61 Å². The van der Waals surface area contributed by atoms with Crippen LogP contribution in [0.25, 0.3) is 0 Å². The van der Waals surface area contributed by atoms with Crippen LogP contribution in [-0.2, 0) is 9.47 Å². The fraction of sp³-hybridized carbons (Fsp3) is 0.750. The summed E-state index contributed by atoms with van der Waals surface area (Å²) in [7, 11) is 0. The molecule has 3 nitrogen and oxygen atoms in total. The van der Waals surface area contributed by atoms with E-state index in [1.165, 1.54) is 0 Å². The summed E-state index contributed by atoms with van der Waals surface area (Å²) in [6.45, 7) is 2.18. The summed E-state index contributed by atoms with van der Waals surface area (Å²) in [6, 6.07) is 0. The molecule has 0 spiro atoms. The summed E-state index contributed by atoms with van der Waals surface area (Å²) in [5, 5.41) is 0. The molecule has 0 amide bonds. The fourth-order valence-corrected chi connectivity index (χ4v) is 0.418. The van der Waals surface area contributed by atoms with Crippen LogP contribution >= 0.6 is 0 Å². The first kappa shape index (κ1) is 11.0. The Balaban J connectivity index is 0. The van der Waals surface area contributed by atoms with E-state index in [0.717, 1.165) is 0 Å². The molecule has 0 radical (unpaired) electrons. The minimum atomic E-state index is -0.549. The molecule has 1 saturated heterocycles. The second-order valence-electron chi connectivity index (χ2n) is 1.49. The zero-order chi connectivity index (χ0) is 5.28. The van der Waals surface area contributed by atoms with Crippen molar-refractivity contribution in [2.24, 2.45) is 0 Å². The first-order chi connectivity index (χ1) is 3.29. The van der Waals surface area contributed by atoms with Crippen molar-refractivity contribution in [3.05, 3.63) is 0 Å². The van der Waals surface area contributed by atoms with Gasteiger partial charge in [-0.15, -0.1) is 0 Å². The van der Waals surface area contributed by atoms with Gasteiger partial charge in [-0.3, -0.25) is 9.41 Å². The second-order valence-corrected chi connectivity index (χ2v) is 1.49. The van der Waals surface area contributed by atoms with Gasteiger partial charge < -0.3 is 9.47 Å². The van der Waals surface area contributed by atoms with Gasteiger partial charge in [0.1, 0.15) is 12.7 Å². The Morgan fingerprint density at radius 1 is 1.56 bits per heavy atom. The summed E-state index contributed by atoms with van der Waals surface area (Å²) in [5.74, 6) is 0. The van der Waals surface area contributed by atoms with E-state index in [4.69, 9.17) is 0 Å². The Morgan fingerprint density at radius 2 is 2.11 bits per heavy atom. The third-order valence-electron chi connectivity index (χ3n) is 0.733. The van der Waals surface area contributed by atoms with Crippen LogP contribution in [0.4, 0.5) is 14.2 Å². The Bertz CT molecular complexity index is 95.8. The molecule has 0 aromatic heterocycles. The van der Waals surface area contributed by atoms with Crippen molar-refractivity contribution in [1.29, 1.82) is 0 Å². The standard InChI is InChI=1S/C4H6O3.2FH/c1-3-2-6-4(5)7-3;;/h3H,2H2,1H3;2*1H. The highest BCUT2D eigenvalue weighted by atomic mass is 19.0. The predicted octanol–water partition coefficient (Wildman–Crippen LogP) is 0.847. The maximum Gasteiger partial charge on any atom is 0.508 e. The smallest absolute Gasteiger partial charge is 0.430 e. The largest absolute Gasteiger partial charge is 0.508 e. The van der Waals surface area contributed by atoms with Crippen molar-refractivity contribution in [1.82, 2.24) is 0 Å². The van der Waals surface area contributed by atoms with E-state index in [1.54, 1.807) is 6.92 Å². The van der Waals surface area contributed by atoms with E-state index < -0.39 is 6.16 Å². The van der Waals surface area contributed by atoms with Crippen molar-refractivity contribution in [2.75, 3.05) is 6.61 Å². The van der Waals surface area contributed by atoms with Crippen molar-refractivity contribution >= 4 is 6.16 Å². The topological polar surface area (TPSA) is 35.5 Å². The van der Waals surface area contributed by atoms with Gasteiger partial charge in [0, 0.05) is 0 Å². The molecular weight excluding hydrogens is 134 g/mol. The molecule has 0 aliphatic carbocycles. The van der Waals surface area contributed by atoms with Crippen molar-refractivity contribution in [2.45, 2.75) is 13.0 Å². The van der Waals surface area contributed by atoms with E-state index in [-0.39, 0.29) is 15.5 Å². The molecule has 1 fully saturated rings. The average molecular weight is 142 g/mol. The van der Waals surface area contributed by atoms with Gasteiger partial charge in [-0.1, -0.05) is 0 Å². The van der Waals surface area contributed by atoms with Gasteiger partial charge in [0.25, 0.3) is 0 Å². The minimum absolute atomic E-state index is 0. The maximum atomic E-state index is 10.0. The van der Waals surface area contributed by atoms with E-state index in [1.807, 2.05) is 0 Å². The van der Waals surface area contributed by atoms with E-state index in [9.17, 15) is 4.79 Å². The number of cyclic esters (lactones) is 2. The molecule has 1 heterocycles. The zero-order valence-electron chi connectivity index (χ0n) is 4.83. The Morgan fingerprint density at radius 3 is 2.22 bits per heavy atom. The quantitative estimate of drug-likeness (QED) is 0.470. The number of rotatable bonds is 0. The van der Waals surface area contributed by atoms with Crippen molar-refractivity contribution < 1.29 is 23.7 Å². The number of ether oxygens (including phenoxy) is 2. The molecule has 1 rings (SSSR count). The lowest BCUT2D eigenvalue weighted by Gasteiger charge is -1.90. The molecule has 5 heteroatoms. The molecule has 1 atom stereocenters. The van der Waals surface area contributed by atoms with Crippen LogP contribution in [0.1, 0.15) is 6.92 Å². The molecular formula is C4H8F2O3. The number of carbonyl (C=O) groups is 1. The van der Waals surface area contributed by atoms with Gasteiger partial charge >= 0.3 is 6.16 Å². The molecule has 0 bridgehead atoms. The summed E-state index contributed by atoms with van der Waals surface area (Å²) in [6.07, 6.45) is -0.597. The van der Waals surface area contributed by atoms with Gasteiger partial charge in [0.2, 0.25) is 0 Å². The molecule has 56 valence electrons. The molecule has 0 N–H and O–H groups in total. The third-order valence-corrected chi connectivity index (χ3v) is 0.733. The van der Waals surface area contributed by atoms with Crippen LogP contribution in [0.2, 0.25) is 0 Å². The van der Waals surface area contributed by atoms with Gasteiger partial charge in [-0.05, 0) is 6.92 Å². The Labute approximate surface area is 50.7 Å². The lowest BCUT2D eigenvalue weighted by Crippen LogP contribution is -2.01. The van der Waals surface area contributed by atoms with Crippen molar-refractivity contribution in [3.63, 3.8) is 0 Å². The van der Waals surface area contributed by atoms with Crippen LogP contribution < -0.4 is 0 Å². The van der Waals surface area contributed by atoms with Crippen LogP contribution in [0, 0.1) is 0 Å². The van der Waals surface area contributed by atoms with Gasteiger partial charge in [-0.2, -0.15) is 0 Å². The van der Waals surface area contributed by atoms with Gasteiger partial charge in [-0.25, -0.2) is 4.79 Å². The van der Waals surface area contributed by atoms with E-state index in [2.05, 4.69) is 9.47 Å². The SMILES string of the molecule is CC1COC(=O)O1.F.F. The van der Waals surface area contributed by atoms with Gasteiger partial charge in [0.05, 0.1) is 0 Å². The zero-order valence-corrected chi connectivity index (χ0v) is 4.83. The minimum Gasteiger partial charge on any atom is -0.430 e. The summed E-state index contributed by atoms with van der Waals surface area (Å²) >= 11 is 0. The summed E-state index contributed by atoms with van der Waals surface area (Å²) in [4.78, 5) is 10.0. The number of carbonyl (C=O) groups excluding carboxylic acids is 1. The van der Waals surface area contributed by atoms with Crippen LogP contribution in [0.3, 0.4) is 0 Å². The first-order valence-electron chi connectivity index (χ1n) is 2.12.